The Morgan fingerprint density at radius 1 is 0.955 bits per heavy atom. The highest BCUT2D eigenvalue weighted by molar-refractivity contribution is 7.98. The predicted molar refractivity (Wildman–Crippen MR) is 176 cm³/mol. The van der Waals surface area contributed by atoms with Crippen LogP contribution in [0.5, 0.6) is 11.5 Å². The Hall–Kier alpha value is -3.70. The highest BCUT2D eigenvalue weighted by Gasteiger charge is 2.34. The molecule has 3 aromatic rings. The number of nitrogens with one attached hydrogen (secondary N) is 1. The molecule has 9 nitrogen and oxygen atoms in total. The summed E-state index contributed by atoms with van der Waals surface area (Å²) < 4.78 is 40.6. The Morgan fingerprint density at radius 2 is 1.61 bits per heavy atom. The van der Waals surface area contributed by atoms with Crippen molar-refractivity contribution < 1.29 is 27.5 Å². The maximum atomic E-state index is 14.3. The largest absolute Gasteiger partial charge is 0.497 e. The van der Waals surface area contributed by atoms with Gasteiger partial charge in [-0.2, -0.15) is 0 Å². The number of carbonyl (C=O) groups is 2. The highest BCUT2D eigenvalue weighted by atomic mass is 32.2. The first-order valence-electron chi connectivity index (χ1n) is 14.6. The standard InChI is InChI=1S/C33H43N3O6S2/c1-7-29(33(38)34-21-24(3)4)35(22-25-13-15-26(41-5)16-14-25)32(37)23-36(30-11-9-10-12-31(30)42-8-2)44(39,40)28-19-17-27(43-6)18-20-28/h9-20,24,29H,7-8,21-23H2,1-6H3,(H,34,38)/t29-/m0/s1. The van der Waals surface area contributed by atoms with E-state index in [9.17, 15) is 18.0 Å². The van der Waals surface area contributed by atoms with E-state index >= 15 is 0 Å². The Kier molecular flexibility index (Phi) is 13.0. The third-order valence-corrected chi connectivity index (χ3v) is 9.46. The number of amides is 2. The van der Waals surface area contributed by atoms with E-state index in [1.165, 1.54) is 28.8 Å². The van der Waals surface area contributed by atoms with Gasteiger partial charge in [-0.15, -0.1) is 11.8 Å². The molecule has 2 amide bonds. The number of sulfonamides is 1. The van der Waals surface area contributed by atoms with E-state index in [0.717, 1.165) is 14.8 Å². The first-order chi connectivity index (χ1) is 21.0. The number of thioether (sulfide) groups is 1. The van der Waals surface area contributed by atoms with Crippen LogP contribution in [0.25, 0.3) is 0 Å². The molecule has 0 radical (unpaired) electrons. The zero-order valence-corrected chi connectivity index (χ0v) is 27.9. The number of para-hydroxylation sites is 2. The second kappa shape index (κ2) is 16.4. The van der Waals surface area contributed by atoms with Crippen molar-refractivity contribution in [3.8, 4) is 11.5 Å². The highest BCUT2D eigenvalue weighted by Crippen LogP contribution is 2.33. The summed E-state index contributed by atoms with van der Waals surface area (Å²) in [5, 5.41) is 2.94. The van der Waals surface area contributed by atoms with Gasteiger partial charge in [-0.25, -0.2) is 8.42 Å². The number of benzene rings is 3. The molecular weight excluding hydrogens is 599 g/mol. The molecule has 0 spiro atoms. The van der Waals surface area contributed by atoms with Gasteiger partial charge < -0.3 is 19.7 Å². The van der Waals surface area contributed by atoms with Crippen molar-refractivity contribution in [1.82, 2.24) is 10.2 Å². The fraction of sp³-hybridized carbons (Fsp3) is 0.394. The molecule has 0 aliphatic rings. The van der Waals surface area contributed by atoms with Crippen LogP contribution in [0.1, 0.15) is 39.7 Å². The van der Waals surface area contributed by atoms with Gasteiger partial charge >= 0.3 is 0 Å². The summed E-state index contributed by atoms with van der Waals surface area (Å²) in [6, 6.07) is 19.7. The number of nitrogens with zero attached hydrogens (tertiary/aromatic N) is 2. The molecule has 1 N–H and O–H groups in total. The van der Waals surface area contributed by atoms with Crippen LogP contribution >= 0.6 is 11.8 Å². The zero-order chi connectivity index (χ0) is 32.3. The maximum absolute atomic E-state index is 14.3. The number of ether oxygens (including phenoxy) is 2. The molecule has 0 heterocycles. The molecule has 0 fully saturated rings. The summed E-state index contributed by atoms with van der Waals surface area (Å²) in [6.07, 6.45) is 2.25. The lowest BCUT2D eigenvalue weighted by molar-refractivity contribution is -0.140. The summed E-state index contributed by atoms with van der Waals surface area (Å²) >= 11 is 1.50. The number of hydrogen-bond donors (Lipinski definition) is 1. The molecule has 0 saturated carbocycles. The van der Waals surface area contributed by atoms with Gasteiger partial charge in [0.15, 0.2) is 0 Å². The van der Waals surface area contributed by atoms with E-state index in [1.54, 1.807) is 62.6 Å². The fourth-order valence-corrected chi connectivity index (χ4v) is 6.43. The van der Waals surface area contributed by atoms with E-state index in [0.29, 0.717) is 31.1 Å². The minimum Gasteiger partial charge on any atom is -0.497 e. The number of carbonyl (C=O) groups excluding carboxylic acids is 2. The molecule has 1 atom stereocenters. The Labute approximate surface area is 266 Å². The van der Waals surface area contributed by atoms with Crippen LogP contribution in [0.3, 0.4) is 0 Å². The number of methoxy groups -OCH3 is 1. The number of hydrogen-bond acceptors (Lipinski definition) is 7. The maximum Gasteiger partial charge on any atom is 0.264 e. The van der Waals surface area contributed by atoms with Gasteiger partial charge in [0.05, 0.1) is 24.3 Å². The third-order valence-electron chi connectivity index (χ3n) is 6.94. The Bertz CT molecular complexity index is 1480. The summed E-state index contributed by atoms with van der Waals surface area (Å²) in [5.41, 5.74) is 1.00. The van der Waals surface area contributed by atoms with Crippen molar-refractivity contribution in [3.05, 3.63) is 78.4 Å². The lowest BCUT2D eigenvalue weighted by atomic mass is 10.1. The van der Waals surface area contributed by atoms with Crippen molar-refractivity contribution in [1.29, 1.82) is 0 Å². The molecule has 0 aromatic heterocycles. The van der Waals surface area contributed by atoms with Gasteiger partial charge in [0.1, 0.15) is 24.1 Å². The molecule has 0 unspecified atom stereocenters. The normalized spacial score (nSPS) is 12.0. The van der Waals surface area contributed by atoms with Crippen LogP contribution in [0.15, 0.2) is 82.6 Å². The summed E-state index contributed by atoms with van der Waals surface area (Å²) in [7, 11) is -2.65. The molecule has 44 heavy (non-hydrogen) atoms. The van der Waals surface area contributed by atoms with E-state index < -0.39 is 28.5 Å². The monoisotopic (exact) mass is 641 g/mol. The van der Waals surface area contributed by atoms with Crippen molar-refractivity contribution in [3.63, 3.8) is 0 Å². The van der Waals surface area contributed by atoms with Gasteiger partial charge in [-0.1, -0.05) is 45.0 Å². The van der Waals surface area contributed by atoms with E-state index in [-0.39, 0.29) is 29.0 Å². The molecule has 3 rings (SSSR count). The fourth-order valence-electron chi connectivity index (χ4n) is 4.60. The molecule has 0 aliphatic heterocycles. The summed E-state index contributed by atoms with van der Waals surface area (Å²) in [6.45, 7) is 7.94. The Balaban J connectivity index is 2.10. The second-order valence-electron chi connectivity index (χ2n) is 10.5. The molecule has 3 aromatic carbocycles. The minimum atomic E-state index is -4.23. The molecule has 0 aliphatic carbocycles. The SMILES string of the molecule is CCOc1ccccc1N(CC(=O)N(Cc1ccc(OC)cc1)[C@@H](CC)C(=O)NCC(C)C)S(=O)(=O)c1ccc(SC)cc1. The third kappa shape index (κ3) is 8.92. The Morgan fingerprint density at radius 3 is 2.18 bits per heavy atom. The number of anilines is 1. The topological polar surface area (TPSA) is 105 Å². The van der Waals surface area contributed by atoms with E-state index in [4.69, 9.17) is 9.47 Å². The van der Waals surface area contributed by atoms with Gasteiger partial charge in [-0.3, -0.25) is 13.9 Å². The predicted octanol–water partition coefficient (Wildman–Crippen LogP) is 5.59. The molecule has 0 bridgehead atoms. The van der Waals surface area contributed by atoms with Gasteiger partial charge in [-0.05, 0) is 79.6 Å². The number of rotatable bonds is 16. The van der Waals surface area contributed by atoms with Crippen molar-refractivity contribution >= 4 is 39.3 Å². The van der Waals surface area contributed by atoms with Crippen LogP contribution in [0.2, 0.25) is 0 Å². The van der Waals surface area contributed by atoms with Crippen molar-refractivity contribution in [2.75, 3.05) is 37.4 Å². The van der Waals surface area contributed by atoms with E-state index in [1.807, 2.05) is 39.2 Å². The molecular formula is C33H43N3O6S2. The van der Waals surface area contributed by atoms with Crippen LogP contribution < -0.4 is 19.1 Å². The minimum absolute atomic E-state index is 0.0397. The molecule has 238 valence electrons. The summed E-state index contributed by atoms with van der Waals surface area (Å²) in [5.74, 6) is 0.388. The van der Waals surface area contributed by atoms with Crippen LogP contribution in [0.4, 0.5) is 5.69 Å². The summed E-state index contributed by atoms with van der Waals surface area (Å²) in [4.78, 5) is 30.1. The quantitative estimate of drug-likeness (QED) is 0.203. The van der Waals surface area contributed by atoms with Crippen LogP contribution in [-0.4, -0.2) is 64.2 Å². The molecule has 11 heteroatoms. The average Bonchev–Trinajstić information content (AvgIpc) is 3.03. The van der Waals surface area contributed by atoms with Gasteiger partial charge in [0.2, 0.25) is 11.8 Å². The first kappa shape index (κ1) is 34.8. The van der Waals surface area contributed by atoms with Crippen LogP contribution in [-0.2, 0) is 26.2 Å². The van der Waals surface area contributed by atoms with Crippen LogP contribution in [0, 0.1) is 5.92 Å². The lowest BCUT2D eigenvalue weighted by Crippen LogP contribution is -2.52. The van der Waals surface area contributed by atoms with Crippen molar-refractivity contribution in [2.24, 2.45) is 5.92 Å². The zero-order valence-electron chi connectivity index (χ0n) is 26.3. The molecule has 0 saturated heterocycles. The second-order valence-corrected chi connectivity index (χ2v) is 13.3. The van der Waals surface area contributed by atoms with Gasteiger partial charge in [0, 0.05) is 18.0 Å². The van der Waals surface area contributed by atoms with E-state index in [2.05, 4.69) is 5.32 Å². The average molecular weight is 642 g/mol. The smallest absolute Gasteiger partial charge is 0.264 e. The lowest BCUT2D eigenvalue weighted by Gasteiger charge is -2.33. The van der Waals surface area contributed by atoms with Crippen molar-refractivity contribution in [2.45, 2.75) is 56.5 Å². The van der Waals surface area contributed by atoms with Gasteiger partial charge in [0.25, 0.3) is 10.0 Å². The first-order valence-corrected chi connectivity index (χ1v) is 17.3.